The first kappa shape index (κ1) is 12.9. The zero-order valence-electron chi connectivity index (χ0n) is 11.4. The van der Waals surface area contributed by atoms with E-state index in [9.17, 15) is 4.79 Å². The molecule has 1 aromatic rings. The first-order valence-electron chi connectivity index (χ1n) is 6.25. The molecule has 18 heavy (non-hydrogen) atoms. The van der Waals surface area contributed by atoms with Gasteiger partial charge in [-0.25, -0.2) is 0 Å². The summed E-state index contributed by atoms with van der Waals surface area (Å²) in [5, 5.41) is 3.36. The Labute approximate surface area is 108 Å². The predicted molar refractivity (Wildman–Crippen MR) is 70.5 cm³/mol. The van der Waals surface area contributed by atoms with Crippen LogP contribution in [0, 0.1) is 6.92 Å². The van der Waals surface area contributed by atoms with E-state index < -0.39 is 0 Å². The van der Waals surface area contributed by atoms with Gasteiger partial charge in [-0.05, 0) is 36.6 Å². The second kappa shape index (κ2) is 4.98. The van der Waals surface area contributed by atoms with Gasteiger partial charge in [0.2, 0.25) is 5.91 Å². The fourth-order valence-electron chi connectivity index (χ4n) is 2.43. The number of rotatable bonds is 3. The number of amides is 1. The van der Waals surface area contributed by atoms with Gasteiger partial charge in [0.25, 0.3) is 0 Å². The van der Waals surface area contributed by atoms with Gasteiger partial charge in [-0.15, -0.1) is 0 Å². The van der Waals surface area contributed by atoms with Gasteiger partial charge in [0.1, 0.15) is 11.9 Å². The summed E-state index contributed by atoms with van der Waals surface area (Å²) in [5.41, 5.74) is 2.18. The van der Waals surface area contributed by atoms with Crippen LogP contribution >= 0.6 is 0 Å². The molecule has 0 aliphatic carbocycles. The van der Waals surface area contributed by atoms with Crippen LogP contribution in [0.3, 0.4) is 0 Å². The maximum atomic E-state index is 12.0. The standard InChI is InChI=1S/C14H20N2O2/c1-5-11-14(17)16(3)13(15-11)10-6-7-12(18-4)9(2)8-10/h6-8,11,13,15H,5H2,1-4H3. The molecule has 0 bridgehead atoms. The summed E-state index contributed by atoms with van der Waals surface area (Å²) in [6, 6.07) is 5.95. The highest BCUT2D eigenvalue weighted by Crippen LogP contribution is 2.28. The van der Waals surface area contributed by atoms with Crippen molar-refractivity contribution in [1.29, 1.82) is 0 Å². The SMILES string of the molecule is CCC1NC(c2ccc(OC)c(C)c2)N(C)C1=O. The van der Waals surface area contributed by atoms with Crippen LogP contribution in [0.25, 0.3) is 0 Å². The molecule has 1 N–H and O–H groups in total. The number of hydrogen-bond acceptors (Lipinski definition) is 3. The van der Waals surface area contributed by atoms with Crippen molar-refractivity contribution in [2.24, 2.45) is 0 Å². The third-order valence-corrected chi connectivity index (χ3v) is 3.53. The summed E-state index contributed by atoms with van der Waals surface area (Å²) in [6.45, 7) is 4.03. The minimum Gasteiger partial charge on any atom is -0.496 e. The number of methoxy groups -OCH3 is 1. The van der Waals surface area contributed by atoms with E-state index in [2.05, 4.69) is 11.4 Å². The first-order chi connectivity index (χ1) is 8.58. The number of nitrogens with one attached hydrogen (secondary N) is 1. The van der Waals surface area contributed by atoms with Crippen molar-refractivity contribution in [3.8, 4) is 5.75 Å². The van der Waals surface area contributed by atoms with E-state index in [0.717, 1.165) is 23.3 Å². The summed E-state index contributed by atoms with van der Waals surface area (Å²) in [4.78, 5) is 13.7. The molecular formula is C14H20N2O2. The van der Waals surface area contributed by atoms with Crippen LogP contribution in [-0.2, 0) is 4.79 Å². The highest BCUT2D eigenvalue weighted by atomic mass is 16.5. The number of likely N-dealkylation sites (N-methyl/N-ethyl adjacent to an activating group) is 1. The molecule has 1 heterocycles. The normalized spacial score (nSPS) is 23.6. The first-order valence-corrected chi connectivity index (χ1v) is 6.25. The molecule has 0 saturated carbocycles. The molecule has 2 rings (SSSR count). The third kappa shape index (κ3) is 2.08. The van der Waals surface area contributed by atoms with Crippen LogP contribution in [-0.4, -0.2) is 31.0 Å². The lowest BCUT2D eigenvalue weighted by Gasteiger charge is -2.20. The van der Waals surface area contributed by atoms with Crippen LogP contribution in [0.4, 0.5) is 0 Å². The lowest BCUT2D eigenvalue weighted by atomic mass is 10.1. The van der Waals surface area contributed by atoms with E-state index in [1.807, 2.05) is 33.0 Å². The average molecular weight is 248 g/mol. The second-order valence-corrected chi connectivity index (χ2v) is 4.71. The Bertz CT molecular complexity index is 459. The second-order valence-electron chi connectivity index (χ2n) is 4.71. The number of ether oxygens (including phenoxy) is 1. The van der Waals surface area contributed by atoms with Gasteiger partial charge < -0.3 is 9.64 Å². The Balaban J connectivity index is 2.27. The molecule has 0 radical (unpaired) electrons. The van der Waals surface area contributed by atoms with Crippen LogP contribution in [0.1, 0.15) is 30.6 Å². The number of benzene rings is 1. The van der Waals surface area contributed by atoms with Crippen molar-refractivity contribution in [1.82, 2.24) is 10.2 Å². The zero-order chi connectivity index (χ0) is 13.3. The molecular weight excluding hydrogens is 228 g/mol. The predicted octanol–water partition coefficient (Wildman–Crippen LogP) is 1.84. The van der Waals surface area contributed by atoms with E-state index in [4.69, 9.17) is 4.74 Å². The quantitative estimate of drug-likeness (QED) is 0.887. The summed E-state index contributed by atoms with van der Waals surface area (Å²) in [7, 11) is 3.51. The van der Waals surface area contributed by atoms with Crippen LogP contribution < -0.4 is 10.1 Å². The average Bonchev–Trinajstić information content (AvgIpc) is 2.66. The van der Waals surface area contributed by atoms with E-state index in [1.54, 1.807) is 12.0 Å². The molecule has 0 aromatic heterocycles. The van der Waals surface area contributed by atoms with Crippen molar-refractivity contribution in [3.05, 3.63) is 29.3 Å². The smallest absolute Gasteiger partial charge is 0.241 e. The number of aryl methyl sites for hydroxylation is 1. The fourth-order valence-corrected chi connectivity index (χ4v) is 2.43. The van der Waals surface area contributed by atoms with E-state index in [1.165, 1.54) is 0 Å². The molecule has 98 valence electrons. The minimum absolute atomic E-state index is 0.0351. The molecule has 1 fully saturated rings. The summed E-state index contributed by atoms with van der Waals surface area (Å²) >= 11 is 0. The molecule has 1 aliphatic heterocycles. The van der Waals surface area contributed by atoms with Crippen molar-refractivity contribution in [2.75, 3.05) is 14.2 Å². The number of hydrogen-bond donors (Lipinski definition) is 1. The number of nitrogens with zero attached hydrogens (tertiary/aromatic N) is 1. The van der Waals surface area contributed by atoms with Gasteiger partial charge in [0.05, 0.1) is 13.2 Å². The van der Waals surface area contributed by atoms with Crippen LogP contribution in [0.15, 0.2) is 18.2 Å². The van der Waals surface area contributed by atoms with Crippen LogP contribution in [0.5, 0.6) is 5.75 Å². The molecule has 2 unspecified atom stereocenters. The van der Waals surface area contributed by atoms with Gasteiger partial charge in [-0.3, -0.25) is 10.1 Å². The van der Waals surface area contributed by atoms with Gasteiger partial charge >= 0.3 is 0 Å². The van der Waals surface area contributed by atoms with Crippen molar-refractivity contribution in [2.45, 2.75) is 32.5 Å². The topological polar surface area (TPSA) is 41.6 Å². The molecule has 1 saturated heterocycles. The van der Waals surface area contributed by atoms with Crippen LogP contribution in [0.2, 0.25) is 0 Å². The molecule has 2 atom stereocenters. The molecule has 4 nitrogen and oxygen atoms in total. The molecule has 4 heteroatoms. The summed E-state index contributed by atoms with van der Waals surface area (Å²) in [6.07, 6.45) is 0.779. The lowest BCUT2D eigenvalue weighted by Crippen LogP contribution is -2.27. The Morgan fingerprint density at radius 3 is 2.67 bits per heavy atom. The Hall–Kier alpha value is -1.55. The van der Waals surface area contributed by atoms with Gasteiger partial charge in [0, 0.05) is 7.05 Å². The number of carbonyl (C=O) groups excluding carboxylic acids is 1. The van der Waals surface area contributed by atoms with Crippen molar-refractivity contribution in [3.63, 3.8) is 0 Å². The van der Waals surface area contributed by atoms with E-state index in [-0.39, 0.29) is 18.1 Å². The number of carbonyl (C=O) groups is 1. The molecule has 1 aromatic carbocycles. The minimum atomic E-state index is -0.0672. The fraction of sp³-hybridized carbons (Fsp3) is 0.500. The van der Waals surface area contributed by atoms with Crippen molar-refractivity contribution >= 4 is 5.91 Å². The van der Waals surface area contributed by atoms with Gasteiger partial charge in [-0.2, -0.15) is 0 Å². The van der Waals surface area contributed by atoms with E-state index >= 15 is 0 Å². The molecule has 0 spiro atoms. The largest absolute Gasteiger partial charge is 0.496 e. The monoisotopic (exact) mass is 248 g/mol. The summed E-state index contributed by atoms with van der Waals surface area (Å²) in [5.74, 6) is 1.04. The Morgan fingerprint density at radius 2 is 2.17 bits per heavy atom. The summed E-state index contributed by atoms with van der Waals surface area (Å²) < 4.78 is 5.25. The Kier molecular flexibility index (Phi) is 3.57. The maximum absolute atomic E-state index is 12.0. The van der Waals surface area contributed by atoms with Gasteiger partial charge in [-0.1, -0.05) is 13.0 Å². The van der Waals surface area contributed by atoms with E-state index in [0.29, 0.717) is 0 Å². The van der Waals surface area contributed by atoms with Gasteiger partial charge in [0.15, 0.2) is 0 Å². The molecule has 1 amide bonds. The Morgan fingerprint density at radius 1 is 1.44 bits per heavy atom. The third-order valence-electron chi connectivity index (χ3n) is 3.53. The highest BCUT2D eigenvalue weighted by Gasteiger charge is 2.36. The molecule has 1 aliphatic rings. The lowest BCUT2D eigenvalue weighted by molar-refractivity contribution is -0.128. The zero-order valence-corrected chi connectivity index (χ0v) is 11.4. The maximum Gasteiger partial charge on any atom is 0.241 e. The van der Waals surface area contributed by atoms with Crippen molar-refractivity contribution < 1.29 is 9.53 Å². The highest BCUT2D eigenvalue weighted by molar-refractivity contribution is 5.84.